The molecule has 150 valence electrons. The van der Waals surface area contributed by atoms with Gasteiger partial charge >= 0.3 is 11.6 Å². The molecule has 1 aliphatic carbocycles. The van der Waals surface area contributed by atoms with E-state index in [0.717, 1.165) is 42.2 Å². The predicted molar refractivity (Wildman–Crippen MR) is 104 cm³/mol. The molecule has 0 fully saturated rings. The predicted octanol–water partition coefficient (Wildman–Crippen LogP) is 2.81. The zero-order valence-electron chi connectivity index (χ0n) is 16.1. The molecule has 0 aliphatic heterocycles. The Kier molecular flexibility index (Phi) is 6.02. The Labute approximate surface area is 162 Å². The van der Waals surface area contributed by atoms with E-state index in [4.69, 9.17) is 9.15 Å². The highest BCUT2D eigenvalue weighted by Gasteiger charge is 2.24. The van der Waals surface area contributed by atoms with Gasteiger partial charge in [0.25, 0.3) is 5.91 Å². The molecule has 0 saturated carbocycles. The number of rotatable bonds is 8. The standard InChI is InChI=1S/C21H25NO6/c1-3-4-8-17(20(24)25)22-19(23)12(2)27-13-9-10-15-14-6-5-7-16(14)21(26)28-18(15)11-13/h9-12,17H,3-8H2,1-2H3,(H,22,23)(H,24,25)/t12-,17+/m1/s1. The Hall–Kier alpha value is -2.83. The smallest absolute Gasteiger partial charge is 0.339 e. The van der Waals surface area contributed by atoms with E-state index < -0.39 is 24.0 Å². The van der Waals surface area contributed by atoms with Crippen LogP contribution in [0.2, 0.25) is 0 Å². The van der Waals surface area contributed by atoms with Gasteiger partial charge in [0.2, 0.25) is 0 Å². The molecule has 2 aromatic rings. The van der Waals surface area contributed by atoms with Gasteiger partial charge in [-0.15, -0.1) is 0 Å². The SMILES string of the molecule is CCCC[C@H](NC(=O)[C@@H](C)Oc1ccc2c3c(c(=O)oc2c1)CCC3)C(=O)O. The molecular formula is C21H25NO6. The second kappa shape index (κ2) is 8.46. The Morgan fingerprint density at radius 1 is 1.29 bits per heavy atom. The number of carbonyl (C=O) groups excluding carboxylic acids is 1. The number of hydrogen-bond acceptors (Lipinski definition) is 5. The molecule has 1 aromatic carbocycles. The van der Waals surface area contributed by atoms with Gasteiger partial charge in [-0.3, -0.25) is 4.79 Å². The molecule has 2 N–H and O–H groups in total. The van der Waals surface area contributed by atoms with Gasteiger partial charge in [0.15, 0.2) is 6.10 Å². The van der Waals surface area contributed by atoms with Crippen LogP contribution in [-0.2, 0) is 22.4 Å². The minimum Gasteiger partial charge on any atom is -0.481 e. The Morgan fingerprint density at radius 3 is 2.75 bits per heavy atom. The first-order valence-corrected chi connectivity index (χ1v) is 9.69. The molecule has 0 bridgehead atoms. The van der Waals surface area contributed by atoms with Gasteiger partial charge < -0.3 is 19.6 Å². The molecule has 7 heteroatoms. The lowest BCUT2D eigenvalue weighted by Gasteiger charge is -2.19. The summed E-state index contributed by atoms with van der Waals surface area (Å²) in [4.78, 5) is 35.7. The first kappa shape index (κ1) is 19.9. The topological polar surface area (TPSA) is 106 Å². The first-order valence-electron chi connectivity index (χ1n) is 9.69. The first-order chi connectivity index (χ1) is 13.4. The molecule has 0 unspecified atom stereocenters. The lowest BCUT2D eigenvalue weighted by atomic mass is 10.1. The van der Waals surface area contributed by atoms with Crippen LogP contribution in [0.5, 0.6) is 5.75 Å². The summed E-state index contributed by atoms with van der Waals surface area (Å²) < 4.78 is 11.1. The van der Waals surface area contributed by atoms with Crippen molar-refractivity contribution in [1.82, 2.24) is 5.32 Å². The summed E-state index contributed by atoms with van der Waals surface area (Å²) in [6.07, 6.45) is 3.57. The van der Waals surface area contributed by atoms with Crippen molar-refractivity contribution in [2.45, 2.75) is 64.5 Å². The van der Waals surface area contributed by atoms with Crippen LogP contribution in [0.15, 0.2) is 27.4 Å². The van der Waals surface area contributed by atoms with E-state index in [-0.39, 0.29) is 5.63 Å². The number of carboxylic acid groups (broad SMARTS) is 1. The van der Waals surface area contributed by atoms with E-state index in [1.807, 2.05) is 13.0 Å². The minimum atomic E-state index is -1.06. The fourth-order valence-corrected chi connectivity index (χ4v) is 3.55. The van der Waals surface area contributed by atoms with Crippen molar-refractivity contribution >= 4 is 22.8 Å². The van der Waals surface area contributed by atoms with Crippen molar-refractivity contribution in [3.8, 4) is 5.75 Å². The highest BCUT2D eigenvalue weighted by atomic mass is 16.5. The zero-order chi connectivity index (χ0) is 20.3. The molecule has 0 radical (unpaired) electrons. The lowest BCUT2D eigenvalue weighted by molar-refractivity contribution is -0.143. The van der Waals surface area contributed by atoms with Crippen LogP contribution in [0.4, 0.5) is 0 Å². The van der Waals surface area contributed by atoms with Gasteiger partial charge in [0.05, 0.1) is 0 Å². The van der Waals surface area contributed by atoms with Crippen molar-refractivity contribution in [3.63, 3.8) is 0 Å². The number of ether oxygens (including phenoxy) is 1. The number of benzene rings is 1. The maximum atomic E-state index is 12.3. The second-order valence-corrected chi connectivity index (χ2v) is 7.16. The third-order valence-corrected chi connectivity index (χ3v) is 5.09. The number of amides is 1. The molecule has 7 nitrogen and oxygen atoms in total. The number of nitrogens with one attached hydrogen (secondary N) is 1. The van der Waals surface area contributed by atoms with Gasteiger partial charge in [-0.25, -0.2) is 9.59 Å². The zero-order valence-corrected chi connectivity index (χ0v) is 16.1. The maximum Gasteiger partial charge on any atom is 0.339 e. The van der Waals surface area contributed by atoms with Crippen molar-refractivity contribution in [2.24, 2.45) is 0 Å². The number of fused-ring (bicyclic) bond motifs is 3. The Bertz CT molecular complexity index is 948. The number of aryl methyl sites for hydroxylation is 1. The van der Waals surface area contributed by atoms with Crippen molar-refractivity contribution in [1.29, 1.82) is 0 Å². The van der Waals surface area contributed by atoms with Crippen LogP contribution in [0.3, 0.4) is 0 Å². The van der Waals surface area contributed by atoms with E-state index in [1.165, 1.54) is 0 Å². The molecule has 2 atom stereocenters. The van der Waals surface area contributed by atoms with Gasteiger partial charge in [-0.1, -0.05) is 19.8 Å². The average molecular weight is 387 g/mol. The fraction of sp³-hybridized carbons (Fsp3) is 0.476. The summed E-state index contributed by atoms with van der Waals surface area (Å²) in [5.41, 5.74) is 1.90. The molecule has 0 saturated heterocycles. The largest absolute Gasteiger partial charge is 0.481 e. The molecule has 1 aromatic heterocycles. The van der Waals surface area contributed by atoms with Crippen LogP contribution in [-0.4, -0.2) is 29.1 Å². The number of aliphatic carboxylic acids is 1. The summed E-state index contributed by atoms with van der Waals surface area (Å²) >= 11 is 0. The van der Waals surface area contributed by atoms with E-state index in [9.17, 15) is 19.5 Å². The molecule has 28 heavy (non-hydrogen) atoms. The molecule has 1 heterocycles. The lowest BCUT2D eigenvalue weighted by Crippen LogP contribution is -2.46. The number of unbranched alkanes of at least 4 members (excludes halogenated alkanes) is 1. The summed E-state index contributed by atoms with van der Waals surface area (Å²) in [6.45, 7) is 3.51. The van der Waals surface area contributed by atoms with E-state index in [2.05, 4.69) is 5.32 Å². The van der Waals surface area contributed by atoms with Crippen molar-refractivity contribution in [2.75, 3.05) is 0 Å². The highest BCUT2D eigenvalue weighted by molar-refractivity contribution is 5.86. The van der Waals surface area contributed by atoms with Gasteiger partial charge in [-0.2, -0.15) is 0 Å². The van der Waals surface area contributed by atoms with Crippen LogP contribution < -0.4 is 15.7 Å². The number of carboxylic acids is 1. The van der Waals surface area contributed by atoms with Gasteiger partial charge in [0, 0.05) is 17.0 Å². The molecule has 3 rings (SSSR count). The summed E-state index contributed by atoms with van der Waals surface area (Å²) in [5, 5.41) is 12.6. The summed E-state index contributed by atoms with van der Waals surface area (Å²) in [7, 11) is 0. The van der Waals surface area contributed by atoms with Crippen LogP contribution in [0, 0.1) is 0 Å². The minimum absolute atomic E-state index is 0.317. The Morgan fingerprint density at radius 2 is 2.04 bits per heavy atom. The third kappa shape index (κ3) is 4.18. The highest BCUT2D eigenvalue weighted by Crippen LogP contribution is 2.29. The number of hydrogen-bond donors (Lipinski definition) is 2. The fourth-order valence-electron chi connectivity index (χ4n) is 3.55. The summed E-state index contributed by atoms with van der Waals surface area (Å²) in [5.74, 6) is -1.17. The third-order valence-electron chi connectivity index (χ3n) is 5.09. The van der Waals surface area contributed by atoms with Crippen LogP contribution in [0.1, 0.15) is 50.7 Å². The second-order valence-electron chi connectivity index (χ2n) is 7.16. The monoisotopic (exact) mass is 387 g/mol. The Balaban J connectivity index is 1.73. The maximum absolute atomic E-state index is 12.3. The van der Waals surface area contributed by atoms with E-state index in [0.29, 0.717) is 24.2 Å². The molecule has 1 aliphatic rings. The van der Waals surface area contributed by atoms with Crippen LogP contribution in [0.25, 0.3) is 11.0 Å². The number of carbonyl (C=O) groups is 2. The molecule has 0 spiro atoms. The van der Waals surface area contributed by atoms with Gasteiger partial charge in [0.1, 0.15) is 17.4 Å². The van der Waals surface area contributed by atoms with Crippen LogP contribution >= 0.6 is 0 Å². The quantitative estimate of drug-likeness (QED) is 0.675. The van der Waals surface area contributed by atoms with E-state index >= 15 is 0 Å². The summed E-state index contributed by atoms with van der Waals surface area (Å²) in [6, 6.07) is 4.24. The van der Waals surface area contributed by atoms with Gasteiger partial charge in [-0.05, 0) is 50.3 Å². The van der Waals surface area contributed by atoms with Crippen molar-refractivity contribution < 1.29 is 23.8 Å². The molecule has 1 amide bonds. The normalized spacial score (nSPS) is 15.1. The van der Waals surface area contributed by atoms with Crippen molar-refractivity contribution in [3.05, 3.63) is 39.7 Å². The average Bonchev–Trinajstić information content (AvgIpc) is 3.15. The van der Waals surface area contributed by atoms with E-state index in [1.54, 1.807) is 19.1 Å². The molecular weight excluding hydrogens is 362 g/mol.